The monoisotopic (exact) mass is 340 g/mol. The van der Waals surface area contributed by atoms with E-state index >= 15 is 0 Å². The number of aliphatic hydroxyl groups is 1. The quantitative estimate of drug-likeness (QED) is 0.794. The number of fused-ring (bicyclic) bond motifs is 1. The number of thiophene rings is 1. The van der Waals surface area contributed by atoms with Crippen LogP contribution in [0.15, 0.2) is 30.9 Å². The maximum Gasteiger partial charge on any atom is 0.141 e. The molecule has 3 aromatic rings. The third kappa shape index (κ3) is 2.65. The number of aryl methyl sites for hydroxylation is 2. The second-order valence-electron chi connectivity index (χ2n) is 6.45. The van der Waals surface area contributed by atoms with Crippen LogP contribution in [0.2, 0.25) is 0 Å². The Bertz CT molecular complexity index is 864. The van der Waals surface area contributed by atoms with E-state index in [1.807, 2.05) is 12.1 Å². The lowest BCUT2D eigenvalue weighted by Crippen LogP contribution is -2.22. The van der Waals surface area contributed by atoms with Crippen molar-refractivity contribution in [1.82, 2.24) is 15.0 Å². The summed E-state index contributed by atoms with van der Waals surface area (Å²) in [4.78, 5) is 17.5. The number of anilines is 1. The second kappa shape index (κ2) is 6.11. The largest absolute Gasteiger partial charge is 0.391 e. The summed E-state index contributed by atoms with van der Waals surface area (Å²) in [5.41, 5.74) is 2.46. The van der Waals surface area contributed by atoms with E-state index in [1.165, 1.54) is 16.0 Å². The van der Waals surface area contributed by atoms with Gasteiger partial charge in [-0.3, -0.25) is 4.98 Å². The molecule has 0 bridgehead atoms. The van der Waals surface area contributed by atoms with E-state index in [0.717, 1.165) is 29.0 Å². The molecule has 3 aromatic heterocycles. The minimum Gasteiger partial charge on any atom is -0.391 e. The molecule has 1 N–H and O–H groups in total. The molecule has 1 aliphatic heterocycles. The van der Waals surface area contributed by atoms with Crippen LogP contribution < -0.4 is 4.90 Å². The minimum atomic E-state index is -0.344. The molecule has 0 radical (unpaired) electrons. The van der Waals surface area contributed by atoms with Gasteiger partial charge in [0.2, 0.25) is 0 Å². The van der Waals surface area contributed by atoms with Crippen molar-refractivity contribution in [2.24, 2.45) is 5.92 Å². The zero-order valence-electron chi connectivity index (χ0n) is 13.8. The summed E-state index contributed by atoms with van der Waals surface area (Å²) in [6, 6.07) is 4.04. The van der Waals surface area contributed by atoms with Gasteiger partial charge in [0.15, 0.2) is 0 Å². The molecule has 124 valence electrons. The van der Waals surface area contributed by atoms with Crippen LogP contribution in [0.1, 0.15) is 16.0 Å². The summed E-state index contributed by atoms with van der Waals surface area (Å²) in [5.74, 6) is 1.16. The summed E-state index contributed by atoms with van der Waals surface area (Å²) in [6.07, 6.45) is 5.76. The fourth-order valence-corrected chi connectivity index (χ4v) is 4.44. The average Bonchev–Trinajstić information content (AvgIpc) is 3.09. The number of hydrogen-bond donors (Lipinski definition) is 1. The Morgan fingerprint density at radius 2 is 2.00 bits per heavy atom. The minimum absolute atomic E-state index is 0.206. The first-order valence-corrected chi connectivity index (χ1v) is 8.97. The first-order valence-electron chi connectivity index (χ1n) is 8.16. The third-order valence-electron chi connectivity index (χ3n) is 4.90. The van der Waals surface area contributed by atoms with Crippen molar-refractivity contribution in [3.05, 3.63) is 46.9 Å². The maximum atomic E-state index is 10.5. The van der Waals surface area contributed by atoms with Crippen LogP contribution in [0.5, 0.6) is 0 Å². The molecule has 6 heteroatoms. The molecular weight excluding hydrogens is 320 g/mol. The molecular formula is C18H20N4OS. The third-order valence-corrected chi connectivity index (χ3v) is 6.01. The van der Waals surface area contributed by atoms with Gasteiger partial charge in [0.25, 0.3) is 0 Å². The van der Waals surface area contributed by atoms with E-state index in [0.29, 0.717) is 6.54 Å². The lowest BCUT2D eigenvalue weighted by atomic mass is 9.97. The summed E-state index contributed by atoms with van der Waals surface area (Å²) in [6.45, 7) is 5.68. The van der Waals surface area contributed by atoms with Crippen LogP contribution in [0.25, 0.3) is 10.2 Å². The van der Waals surface area contributed by atoms with Crippen molar-refractivity contribution in [3.8, 4) is 0 Å². The zero-order valence-corrected chi connectivity index (χ0v) is 14.6. The summed E-state index contributed by atoms with van der Waals surface area (Å²) in [5, 5.41) is 11.7. The number of rotatable bonds is 3. The van der Waals surface area contributed by atoms with E-state index in [2.05, 4.69) is 33.7 Å². The average molecular weight is 340 g/mol. The van der Waals surface area contributed by atoms with Gasteiger partial charge in [-0.1, -0.05) is 0 Å². The van der Waals surface area contributed by atoms with Crippen LogP contribution in [-0.2, 0) is 6.42 Å². The number of nitrogens with zero attached hydrogens (tertiary/aromatic N) is 4. The Kier molecular flexibility index (Phi) is 3.94. The highest BCUT2D eigenvalue weighted by atomic mass is 32.1. The van der Waals surface area contributed by atoms with Crippen LogP contribution in [0.3, 0.4) is 0 Å². The van der Waals surface area contributed by atoms with E-state index in [9.17, 15) is 5.11 Å². The van der Waals surface area contributed by atoms with Gasteiger partial charge < -0.3 is 10.0 Å². The Labute approximate surface area is 145 Å². The topological polar surface area (TPSA) is 62.1 Å². The van der Waals surface area contributed by atoms with Crippen molar-refractivity contribution in [1.29, 1.82) is 0 Å². The SMILES string of the molecule is Cc1sc2ncnc(N3C[C@@H](Cc4ccncc4)[C@H](O)C3)c2c1C. The second-order valence-corrected chi connectivity index (χ2v) is 7.66. The maximum absolute atomic E-state index is 10.5. The normalized spacial score (nSPS) is 20.9. The molecule has 0 spiro atoms. The van der Waals surface area contributed by atoms with Gasteiger partial charge >= 0.3 is 0 Å². The van der Waals surface area contributed by atoms with E-state index < -0.39 is 0 Å². The Morgan fingerprint density at radius 1 is 1.21 bits per heavy atom. The van der Waals surface area contributed by atoms with Gasteiger partial charge in [0, 0.05) is 36.3 Å². The van der Waals surface area contributed by atoms with Crippen molar-refractivity contribution in [2.75, 3.05) is 18.0 Å². The van der Waals surface area contributed by atoms with E-state index in [-0.39, 0.29) is 12.0 Å². The standard InChI is InChI=1S/C18H20N4OS/c1-11-12(2)24-18-16(11)17(20-10-21-18)22-8-14(15(23)9-22)7-13-3-5-19-6-4-13/h3-6,10,14-15,23H,7-9H2,1-2H3/t14-,15-/m1/s1. The molecule has 0 amide bonds. The van der Waals surface area contributed by atoms with Crippen molar-refractivity contribution in [3.63, 3.8) is 0 Å². The smallest absolute Gasteiger partial charge is 0.141 e. The fourth-order valence-electron chi connectivity index (χ4n) is 3.45. The number of aliphatic hydroxyl groups excluding tert-OH is 1. The molecule has 2 atom stereocenters. The molecule has 4 rings (SSSR count). The Morgan fingerprint density at radius 3 is 2.79 bits per heavy atom. The van der Waals surface area contributed by atoms with Gasteiger partial charge in [-0.25, -0.2) is 9.97 Å². The van der Waals surface area contributed by atoms with Gasteiger partial charge in [0.1, 0.15) is 17.0 Å². The van der Waals surface area contributed by atoms with Crippen molar-refractivity contribution in [2.45, 2.75) is 26.4 Å². The van der Waals surface area contributed by atoms with Crippen molar-refractivity contribution < 1.29 is 5.11 Å². The number of β-amino-alcohol motifs (C(OH)–C–C–N with tert-alkyl or cyclic N) is 1. The van der Waals surface area contributed by atoms with E-state index in [1.54, 1.807) is 30.1 Å². The first kappa shape index (κ1) is 15.5. The molecule has 4 heterocycles. The van der Waals surface area contributed by atoms with Crippen LogP contribution >= 0.6 is 11.3 Å². The number of hydrogen-bond acceptors (Lipinski definition) is 6. The number of aromatic nitrogens is 3. The molecule has 0 saturated carbocycles. The van der Waals surface area contributed by atoms with Gasteiger partial charge in [-0.05, 0) is 43.5 Å². The highest BCUT2D eigenvalue weighted by Gasteiger charge is 2.33. The molecule has 1 aliphatic rings. The Balaban J connectivity index is 1.62. The molecule has 5 nitrogen and oxygen atoms in total. The summed E-state index contributed by atoms with van der Waals surface area (Å²) < 4.78 is 0. The summed E-state index contributed by atoms with van der Waals surface area (Å²) in [7, 11) is 0. The lowest BCUT2D eigenvalue weighted by molar-refractivity contribution is 0.148. The molecule has 1 fully saturated rings. The van der Waals surface area contributed by atoms with Crippen molar-refractivity contribution >= 4 is 27.4 Å². The molecule has 0 unspecified atom stereocenters. The molecule has 24 heavy (non-hydrogen) atoms. The van der Waals surface area contributed by atoms with Crippen LogP contribution in [0.4, 0.5) is 5.82 Å². The molecule has 0 aromatic carbocycles. The lowest BCUT2D eigenvalue weighted by Gasteiger charge is -2.18. The highest BCUT2D eigenvalue weighted by molar-refractivity contribution is 7.18. The number of pyridine rings is 1. The van der Waals surface area contributed by atoms with Gasteiger partial charge in [-0.2, -0.15) is 0 Å². The van der Waals surface area contributed by atoms with Crippen LogP contribution in [-0.4, -0.2) is 39.3 Å². The fraction of sp³-hybridized carbons (Fsp3) is 0.389. The van der Waals surface area contributed by atoms with E-state index in [4.69, 9.17) is 0 Å². The Hall–Kier alpha value is -2.05. The predicted octanol–water partition coefficient (Wildman–Crippen LogP) is 2.74. The summed E-state index contributed by atoms with van der Waals surface area (Å²) >= 11 is 1.71. The van der Waals surface area contributed by atoms with Crippen LogP contribution in [0, 0.1) is 19.8 Å². The molecule has 1 saturated heterocycles. The highest BCUT2D eigenvalue weighted by Crippen LogP contribution is 2.36. The van der Waals surface area contributed by atoms with Gasteiger partial charge in [-0.15, -0.1) is 11.3 Å². The predicted molar refractivity (Wildman–Crippen MR) is 96.5 cm³/mol. The van der Waals surface area contributed by atoms with Gasteiger partial charge in [0.05, 0.1) is 11.5 Å². The first-order chi connectivity index (χ1) is 11.6. The molecule has 0 aliphatic carbocycles. The zero-order chi connectivity index (χ0) is 16.7.